The van der Waals surface area contributed by atoms with E-state index in [1.165, 1.54) is 24.0 Å². The summed E-state index contributed by atoms with van der Waals surface area (Å²) in [6.45, 7) is 7.47. The molecule has 5 rings (SSSR count). The van der Waals surface area contributed by atoms with Gasteiger partial charge in [-0.2, -0.15) is 0 Å². The number of nitrogens with two attached hydrogens (primary N) is 2. The smallest absolute Gasteiger partial charge is 0.323 e. The summed E-state index contributed by atoms with van der Waals surface area (Å²) in [5.41, 5.74) is 16.0. The maximum absolute atomic E-state index is 13.3. The zero-order valence-electron chi connectivity index (χ0n) is 29.3. The summed E-state index contributed by atoms with van der Waals surface area (Å²) in [5.74, 6) is 0.609. The molecular formula is C40H58N2O6. The van der Waals surface area contributed by atoms with Crippen molar-refractivity contribution in [3.8, 4) is 0 Å². The Balaban J connectivity index is 1.39. The van der Waals surface area contributed by atoms with Gasteiger partial charge in [0.25, 0.3) is 0 Å². The molecule has 3 aliphatic rings. The summed E-state index contributed by atoms with van der Waals surface area (Å²) in [6.07, 6.45) is 7.99. The zero-order chi connectivity index (χ0) is 34.0. The van der Waals surface area contributed by atoms with E-state index >= 15 is 0 Å². The Kier molecular flexibility index (Phi) is 13.5. The average molecular weight is 663 g/mol. The second kappa shape index (κ2) is 17.7. The van der Waals surface area contributed by atoms with Gasteiger partial charge in [0.2, 0.25) is 0 Å². The predicted molar refractivity (Wildman–Crippen MR) is 187 cm³/mol. The van der Waals surface area contributed by atoms with Crippen molar-refractivity contribution in [3.63, 3.8) is 0 Å². The number of ether oxygens (including phenoxy) is 4. The van der Waals surface area contributed by atoms with E-state index in [0.29, 0.717) is 44.3 Å². The van der Waals surface area contributed by atoms with Crippen LogP contribution in [0.2, 0.25) is 0 Å². The molecule has 8 nitrogen and oxygen atoms in total. The summed E-state index contributed by atoms with van der Waals surface area (Å²) in [6, 6.07) is 17.9. The van der Waals surface area contributed by atoms with Crippen molar-refractivity contribution in [2.75, 3.05) is 13.2 Å². The SMILES string of the molecule is CC(C)COC1C(Cc2cccc(CC3OC(=O)C(N)CCCC(Cc4ccccc4)C3OCC3CC3)c2)CCCC(N)C(=O)OC1C. The molecule has 0 radical (unpaired) electrons. The lowest BCUT2D eigenvalue weighted by molar-refractivity contribution is -0.162. The van der Waals surface area contributed by atoms with Gasteiger partial charge in [-0.1, -0.05) is 81.3 Å². The first-order valence-electron chi connectivity index (χ1n) is 18.4. The molecule has 0 bridgehead atoms. The van der Waals surface area contributed by atoms with Crippen molar-refractivity contribution in [2.45, 2.75) is 128 Å². The average Bonchev–Trinajstić information content (AvgIpc) is 3.88. The monoisotopic (exact) mass is 662 g/mol. The molecule has 0 amide bonds. The number of rotatable bonds is 12. The molecule has 2 aromatic rings. The maximum Gasteiger partial charge on any atom is 0.323 e. The number of hydrogen-bond donors (Lipinski definition) is 2. The minimum absolute atomic E-state index is 0.151. The highest BCUT2D eigenvalue weighted by atomic mass is 16.6. The molecule has 2 aliphatic heterocycles. The Bertz CT molecular complexity index is 1300. The summed E-state index contributed by atoms with van der Waals surface area (Å²) < 4.78 is 25.3. The fraction of sp³-hybridized carbons (Fsp3) is 0.650. The minimum atomic E-state index is -0.631. The van der Waals surface area contributed by atoms with Crippen LogP contribution in [0.25, 0.3) is 0 Å². The second-order valence-corrected chi connectivity index (χ2v) is 15.1. The van der Waals surface area contributed by atoms with Crippen LogP contribution < -0.4 is 11.5 Å². The summed E-state index contributed by atoms with van der Waals surface area (Å²) >= 11 is 0. The highest BCUT2D eigenvalue weighted by molar-refractivity contribution is 5.76. The third-order valence-electron chi connectivity index (χ3n) is 10.2. The standard InChI is InChI=1S/C40H58N2O6/c1-26(2)24-45-37-27(3)47-39(43)34(41)16-8-14-32(37)22-30-12-7-13-31(20-30)23-36-38(46-25-29-18-19-29)33(21-28-10-5-4-6-11-28)15-9-17-35(42)40(44)48-36/h4-7,10-13,20,26-27,29,32-38H,8-9,14-19,21-25,41-42H2,1-3H3. The fourth-order valence-electron chi connectivity index (χ4n) is 7.37. The molecule has 0 spiro atoms. The lowest BCUT2D eigenvalue weighted by Gasteiger charge is -2.34. The normalized spacial score (nSPS) is 30.6. The van der Waals surface area contributed by atoms with Crippen molar-refractivity contribution in [1.82, 2.24) is 0 Å². The highest BCUT2D eigenvalue weighted by Crippen LogP contribution is 2.34. The number of benzene rings is 2. The van der Waals surface area contributed by atoms with Crippen molar-refractivity contribution in [2.24, 2.45) is 35.1 Å². The van der Waals surface area contributed by atoms with E-state index in [4.69, 9.17) is 30.4 Å². The molecule has 8 unspecified atom stereocenters. The van der Waals surface area contributed by atoms with Gasteiger partial charge in [0.05, 0.1) is 12.2 Å². The topological polar surface area (TPSA) is 123 Å². The molecule has 48 heavy (non-hydrogen) atoms. The second-order valence-electron chi connectivity index (χ2n) is 15.1. The molecule has 2 heterocycles. The van der Waals surface area contributed by atoms with Crippen molar-refractivity contribution in [1.29, 1.82) is 0 Å². The number of carbonyl (C=O) groups is 2. The van der Waals surface area contributed by atoms with E-state index in [-0.39, 0.29) is 36.0 Å². The van der Waals surface area contributed by atoms with Gasteiger partial charge in [-0.25, -0.2) is 0 Å². The van der Waals surface area contributed by atoms with Crippen LogP contribution in [0.4, 0.5) is 0 Å². The number of cyclic esters (lactones) is 2. The molecule has 8 atom stereocenters. The Morgan fingerprint density at radius 2 is 1.29 bits per heavy atom. The third-order valence-corrected chi connectivity index (χ3v) is 10.2. The van der Waals surface area contributed by atoms with Crippen LogP contribution in [-0.4, -0.2) is 61.7 Å². The van der Waals surface area contributed by atoms with Gasteiger partial charge >= 0.3 is 11.9 Å². The van der Waals surface area contributed by atoms with Crippen LogP contribution in [0.15, 0.2) is 54.6 Å². The van der Waals surface area contributed by atoms with E-state index in [1.807, 2.05) is 13.0 Å². The zero-order valence-corrected chi connectivity index (χ0v) is 29.3. The van der Waals surface area contributed by atoms with Gasteiger partial charge in [0, 0.05) is 19.6 Å². The van der Waals surface area contributed by atoms with E-state index in [0.717, 1.165) is 44.1 Å². The van der Waals surface area contributed by atoms with Crippen LogP contribution in [0.5, 0.6) is 0 Å². The van der Waals surface area contributed by atoms with Crippen LogP contribution in [0.1, 0.15) is 88.8 Å². The number of esters is 2. The summed E-state index contributed by atoms with van der Waals surface area (Å²) in [5, 5.41) is 0. The minimum Gasteiger partial charge on any atom is -0.459 e. The molecule has 0 aromatic heterocycles. The van der Waals surface area contributed by atoms with E-state index in [9.17, 15) is 9.59 Å². The van der Waals surface area contributed by atoms with Crippen molar-refractivity contribution >= 4 is 11.9 Å². The van der Waals surface area contributed by atoms with E-state index < -0.39 is 24.3 Å². The quantitative estimate of drug-likeness (QED) is 0.268. The Hall–Kier alpha value is -2.78. The van der Waals surface area contributed by atoms with E-state index in [2.05, 4.69) is 62.4 Å². The maximum atomic E-state index is 13.3. The molecular weight excluding hydrogens is 604 g/mol. The van der Waals surface area contributed by atoms with Gasteiger partial charge in [-0.05, 0) is 98.7 Å². The fourth-order valence-corrected chi connectivity index (χ4v) is 7.37. The molecule has 2 aromatic carbocycles. The third kappa shape index (κ3) is 10.9. The van der Waals surface area contributed by atoms with Crippen LogP contribution in [0.3, 0.4) is 0 Å². The van der Waals surface area contributed by atoms with E-state index in [1.54, 1.807) is 0 Å². The molecule has 1 saturated carbocycles. The predicted octanol–water partition coefficient (Wildman–Crippen LogP) is 5.95. The molecule has 4 N–H and O–H groups in total. The lowest BCUT2D eigenvalue weighted by atomic mass is 9.84. The number of carbonyl (C=O) groups excluding carboxylic acids is 2. The summed E-state index contributed by atoms with van der Waals surface area (Å²) in [4.78, 5) is 25.9. The molecule has 1 aliphatic carbocycles. The van der Waals surface area contributed by atoms with Crippen LogP contribution >= 0.6 is 0 Å². The molecule has 3 fully saturated rings. The highest BCUT2D eigenvalue weighted by Gasteiger charge is 2.38. The molecule has 2 saturated heterocycles. The van der Waals surface area contributed by atoms with Crippen molar-refractivity contribution in [3.05, 3.63) is 71.3 Å². The van der Waals surface area contributed by atoms with Gasteiger partial charge in [0.1, 0.15) is 24.3 Å². The Morgan fingerprint density at radius 3 is 1.94 bits per heavy atom. The molecule has 264 valence electrons. The van der Waals surface area contributed by atoms with Crippen LogP contribution in [0, 0.1) is 23.7 Å². The van der Waals surface area contributed by atoms with Crippen LogP contribution in [-0.2, 0) is 47.8 Å². The van der Waals surface area contributed by atoms with Crippen molar-refractivity contribution < 1.29 is 28.5 Å². The lowest BCUT2D eigenvalue weighted by Crippen LogP contribution is -2.43. The molecule has 8 heteroatoms. The summed E-state index contributed by atoms with van der Waals surface area (Å²) in [7, 11) is 0. The first kappa shape index (κ1) is 36.5. The first-order valence-corrected chi connectivity index (χ1v) is 18.4. The number of hydrogen-bond acceptors (Lipinski definition) is 8. The van der Waals surface area contributed by atoms with Gasteiger partial charge in [-0.3, -0.25) is 9.59 Å². The van der Waals surface area contributed by atoms with Gasteiger partial charge in [0.15, 0.2) is 0 Å². The Labute approximate surface area is 287 Å². The largest absolute Gasteiger partial charge is 0.459 e. The Morgan fingerprint density at radius 1 is 0.708 bits per heavy atom. The van der Waals surface area contributed by atoms with Gasteiger partial charge < -0.3 is 30.4 Å². The first-order chi connectivity index (χ1) is 23.2. The van der Waals surface area contributed by atoms with Gasteiger partial charge in [-0.15, -0.1) is 0 Å².